The molecule has 6 nitrogen and oxygen atoms in total. The first kappa shape index (κ1) is 26.7. The quantitative estimate of drug-likeness (QED) is 0.179. The van der Waals surface area contributed by atoms with Crippen LogP contribution in [0, 0.1) is 0 Å². The van der Waals surface area contributed by atoms with Crippen molar-refractivity contribution in [2.45, 2.75) is 0 Å². The second-order valence-electron chi connectivity index (χ2n) is 9.99. The predicted molar refractivity (Wildman–Crippen MR) is 166 cm³/mol. The summed E-state index contributed by atoms with van der Waals surface area (Å²) in [5, 5.41) is 0. The maximum atomic E-state index is 14.0. The number of hydrogen-bond acceptors (Lipinski definition) is 6. The van der Waals surface area contributed by atoms with Crippen LogP contribution in [0.4, 0.5) is 0 Å². The molecule has 212 valence electrons. The maximum absolute atomic E-state index is 14.0. The Labute approximate surface area is 253 Å². The Morgan fingerprint density at radius 3 is 1.02 bits per heavy atom. The van der Waals surface area contributed by atoms with Crippen molar-refractivity contribution in [3.63, 3.8) is 0 Å². The first-order valence-electron chi connectivity index (χ1n) is 14.0. The van der Waals surface area contributed by atoms with E-state index in [-0.39, 0.29) is 45.3 Å². The Kier molecular flexibility index (Phi) is 7.06. The van der Waals surface area contributed by atoms with Crippen LogP contribution in [0.3, 0.4) is 0 Å². The van der Waals surface area contributed by atoms with E-state index in [1.54, 1.807) is 84.9 Å². The van der Waals surface area contributed by atoms with Crippen molar-refractivity contribution in [2.24, 2.45) is 0 Å². The van der Waals surface area contributed by atoms with Gasteiger partial charge in [-0.2, -0.15) is 0 Å². The highest BCUT2D eigenvalue weighted by molar-refractivity contribution is 6.30. The number of rotatable bonds is 8. The van der Waals surface area contributed by atoms with Gasteiger partial charge in [0, 0.05) is 11.1 Å². The van der Waals surface area contributed by atoms with E-state index in [1.165, 1.54) is 0 Å². The fourth-order valence-electron chi connectivity index (χ4n) is 5.00. The van der Waals surface area contributed by atoms with Crippen LogP contribution in [0.25, 0.3) is 0 Å². The highest BCUT2D eigenvalue weighted by Gasteiger charge is 2.35. The van der Waals surface area contributed by atoms with Crippen LogP contribution < -0.4 is 18.9 Å². The van der Waals surface area contributed by atoms with Gasteiger partial charge in [0.05, 0.1) is 11.1 Å². The summed E-state index contributed by atoms with van der Waals surface area (Å²) in [7, 11) is 0. The van der Waals surface area contributed by atoms with E-state index in [0.29, 0.717) is 23.0 Å². The lowest BCUT2D eigenvalue weighted by molar-refractivity contribution is 0.0975. The van der Waals surface area contributed by atoms with Gasteiger partial charge in [0.1, 0.15) is 46.0 Å². The van der Waals surface area contributed by atoms with Crippen LogP contribution in [0.5, 0.6) is 46.0 Å². The van der Waals surface area contributed by atoms with Crippen molar-refractivity contribution in [2.75, 3.05) is 0 Å². The van der Waals surface area contributed by atoms with Crippen LogP contribution in [0.1, 0.15) is 31.8 Å². The van der Waals surface area contributed by atoms with E-state index < -0.39 is 0 Å². The molecule has 6 aromatic rings. The lowest BCUT2D eigenvalue weighted by Gasteiger charge is -2.22. The molecule has 6 heteroatoms. The molecule has 0 amide bonds. The van der Waals surface area contributed by atoms with Gasteiger partial charge in [-0.15, -0.1) is 0 Å². The summed E-state index contributed by atoms with van der Waals surface area (Å²) in [6, 6.07) is 43.1. The molecular weight excluding hydrogens is 552 g/mol. The summed E-state index contributed by atoms with van der Waals surface area (Å²) in [5.74, 6) is 3.63. The molecule has 0 heterocycles. The topological polar surface area (TPSA) is 71.1 Å². The van der Waals surface area contributed by atoms with Crippen LogP contribution in [-0.4, -0.2) is 11.6 Å². The number of hydrogen-bond donors (Lipinski definition) is 0. The monoisotopic (exact) mass is 576 g/mol. The highest BCUT2D eigenvalue weighted by Crippen LogP contribution is 2.40. The molecule has 0 aliphatic heterocycles. The normalized spacial score (nSPS) is 11.7. The van der Waals surface area contributed by atoms with Crippen LogP contribution in [-0.2, 0) is 0 Å². The Morgan fingerprint density at radius 1 is 0.295 bits per heavy atom. The molecule has 6 aromatic carbocycles. The third-order valence-corrected chi connectivity index (χ3v) is 7.06. The average molecular weight is 577 g/mol. The minimum Gasteiger partial charge on any atom is -0.457 e. The SMILES string of the molecule is O=C1c2cccc(Oc3ccc(Oc4ccccc4)cc3)c2C(=O)c2c(Oc3ccc(Oc4ccccc4)cc3)cccc21. The summed E-state index contributed by atoms with van der Waals surface area (Å²) in [6.45, 7) is 0. The molecule has 0 spiro atoms. The fraction of sp³-hybridized carbons (Fsp3) is 0. The standard InChI is InChI=1S/C38H24O6/c39-37-31-13-7-15-33(43-29-21-17-27(18-22-29)41-25-9-3-1-4-10-25)35(31)38(40)36-32(37)14-8-16-34(36)44-30-23-19-28(20-24-30)42-26-11-5-2-6-12-26/h1-24H. The zero-order valence-electron chi connectivity index (χ0n) is 23.3. The van der Waals surface area contributed by atoms with Crippen molar-refractivity contribution < 1.29 is 28.5 Å². The van der Waals surface area contributed by atoms with Gasteiger partial charge < -0.3 is 18.9 Å². The zero-order valence-corrected chi connectivity index (χ0v) is 23.3. The molecule has 7 rings (SSSR count). The maximum Gasteiger partial charge on any atom is 0.202 e. The van der Waals surface area contributed by atoms with Crippen molar-refractivity contribution >= 4 is 11.6 Å². The Hall–Kier alpha value is -6.14. The minimum atomic E-state index is -0.353. The second-order valence-corrected chi connectivity index (χ2v) is 9.99. The number of ketones is 2. The van der Waals surface area contributed by atoms with Gasteiger partial charge in [-0.05, 0) is 84.9 Å². The summed E-state index contributed by atoms with van der Waals surface area (Å²) >= 11 is 0. The fourth-order valence-corrected chi connectivity index (χ4v) is 5.00. The van der Waals surface area contributed by atoms with Gasteiger partial charge in [0.25, 0.3) is 0 Å². The summed E-state index contributed by atoms with van der Waals surface area (Å²) in [4.78, 5) is 27.6. The van der Waals surface area contributed by atoms with Gasteiger partial charge in [-0.25, -0.2) is 0 Å². The second kappa shape index (κ2) is 11.6. The van der Waals surface area contributed by atoms with E-state index in [0.717, 1.165) is 11.5 Å². The third kappa shape index (κ3) is 5.40. The molecule has 0 unspecified atom stereocenters. The van der Waals surface area contributed by atoms with Gasteiger partial charge in [0.2, 0.25) is 5.78 Å². The lowest BCUT2D eigenvalue weighted by atomic mass is 9.83. The molecule has 44 heavy (non-hydrogen) atoms. The van der Waals surface area contributed by atoms with Crippen molar-refractivity contribution in [3.05, 3.63) is 168 Å². The average Bonchev–Trinajstić information content (AvgIpc) is 3.06. The molecule has 0 saturated carbocycles. The molecule has 0 bridgehead atoms. The number of fused-ring (bicyclic) bond motifs is 2. The Bertz CT molecular complexity index is 1820. The summed E-state index contributed by atoms with van der Waals surface area (Å²) in [6.07, 6.45) is 0. The summed E-state index contributed by atoms with van der Waals surface area (Å²) < 4.78 is 24.0. The van der Waals surface area contributed by atoms with Crippen LogP contribution >= 0.6 is 0 Å². The molecular formula is C38H24O6. The van der Waals surface area contributed by atoms with Gasteiger partial charge >= 0.3 is 0 Å². The van der Waals surface area contributed by atoms with Gasteiger partial charge in [-0.1, -0.05) is 60.7 Å². The molecule has 0 N–H and O–H groups in total. The first-order chi connectivity index (χ1) is 21.6. The molecule has 0 atom stereocenters. The smallest absolute Gasteiger partial charge is 0.202 e. The Balaban J connectivity index is 1.14. The van der Waals surface area contributed by atoms with Crippen molar-refractivity contribution in [1.82, 2.24) is 0 Å². The molecule has 0 fully saturated rings. The number of carbonyl (C=O) groups is 2. The van der Waals surface area contributed by atoms with E-state index >= 15 is 0 Å². The largest absolute Gasteiger partial charge is 0.457 e. The van der Waals surface area contributed by atoms with E-state index in [4.69, 9.17) is 18.9 Å². The molecule has 0 aromatic heterocycles. The number of ether oxygens (including phenoxy) is 4. The van der Waals surface area contributed by atoms with Crippen LogP contribution in [0.2, 0.25) is 0 Å². The zero-order chi connectivity index (χ0) is 29.9. The van der Waals surface area contributed by atoms with E-state index in [9.17, 15) is 9.59 Å². The van der Waals surface area contributed by atoms with E-state index in [2.05, 4.69) is 0 Å². The number of carbonyl (C=O) groups excluding carboxylic acids is 2. The Morgan fingerprint density at radius 2 is 0.636 bits per heavy atom. The highest BCUT2D eigenvalue weighted by atomic mass is 16.5. The number of para-hydroxylation sites is 2. The molecule has 0 radical (unpaired) electrons. The predicted octanol–water partition coefficient (Wildman–Crippen LogP) is 9.63. The minimum absolute atomic E-state index is 0.192. The lowest BCUT2D eigenvalue weighted by Crippen LogP contribution is -2.22. The van der Waals surface area contributed by atoms with Crippen molar-refractivity contribution in [1.29, 1.82) is 0 Å². The van der Waals surface area contributed by atoms with Gasteiger partial charge in [0.15, 0.2) is 5.78 Å². The number of benzene rings is 6. The third-order valence-electron chi connectivity index (χ3n) is 7.06. The molecule has 1 aliphatic rings. The first-order valence-corrected chi connectivity index (χ1v) is 14.0. The van der Waals surface area contributed by atoms with Gasteiger partial charge in [-0.3, -0.25) is 9.59 Å². The summed E-state index contributed by atoms with van der Waals surface area (Å²) in [5.41, 5.74) is 0.946. The van der Waals surface area contributed by atoms with Crippen LogP contribution in [0.15, 0.2) is 146 Å². The van der Waals surface area contributed by atoms with Crippen molar-refractivity contribution in [3.8, 4) is 46.0 Å². The molecule has 1 aliphatic carbocycles. The molecule has 0 saturated heterocycles. The van der Waals surface area contributed by atoms with E-state index in [1.807, 2.05) is 60.7 Å².